The first-order valence-electron chi connectivity index (χ1n) is 7.19. The van der Waals surface area contributed by atoms with Gasteiger partial charge in [0.1, 0.15) is 0 Å². The molecule has 0 fully saturated rings. The number of anilines is 1. The molecule has 21 heavy (non-hydrogen) atoms. The molecule has 0 saturated heterocycles. The number of hydrogen-bond acceptors (Lipinski definition) is 3. The zero-order valence-corrected chi connectivity index (χ0v) is 13.6. The topological polar surface area (TPSA) is 41.1 Å². The van der Waals surface area contributed by atoms with Gasteiger partial charge >= 0.3 is 0 Å². The van der Waals surface area contributed by atoms with Crippen molar-refractivity contribution in [1.82, 2.24) is 5.32 Å². The first kappa shape index (κ1) is 15.7. The molecule has 1 amide bonds. The number of carbonyl (C=O) groups excluding carboxylic acids is 1. The summed E-state index contributed by atoms with van der Waals surface area (Å²) in [5.41, 5.74) is 3.55. The lowest BCUT2D eigenvalue weighted by atomic mass is 10.0. The van der Waals surface area contributed by atoms with Crippen molar-refractivity contribution >= 4 is 22.9 Å². The minimum Gasteiger partial charge on any atom is -0.325 e. The summed E-state index contributed by atoms with van der Waals surface area (Å²) in [7, 11) is 0. The Bertz CT molecular complexity index is 587. The Morgan fingerprint density at radius 3 is 2.48 bits per heavy atom. The van der Waals surface area contributed by atoms with Gasteiger partial charge in [0.25, 0.3) is 0 Å². The average Bonchev–Trinajstić information content (AvgIpc) is 2.86. The van der Waals surface area contributed by atoms with E-state index in [4.69, 9.17) is 0 Å². The summed E-state index contributed by atoms with van der Waals surface area (Å²) in [6, 6.07) is 10.7. The minimum atomic E-state index is -0.0288. The zero-order chi connectivity index (χ0) is 15.2. The maximum Gasteiger partial charge on any atom is 0.221 e. The highest BCUT2D eigenvalue weighted by Gasteiger charge is 2.05. The van der Waals surface area contributed by atoms with Crippen molar-refractivity contribution in [2.75, 3.05) is 5.32 Å². The molecule has 112 valence electrons. The molecule has 2 aromatic rings. The molecular weight excluding hydrogens is 280 g/mol. The van der Waals surface area contributed by atoms with E-state index in [1.807, 2.05) is 11.4 Å². The van der Waals surface area contributed by atoms with Crippen LogP contribution in [0, 0.1) is 0 Å². The van der Waals surface area contributed by atoms with Gasteiger partial charge in [0.15, 0.2) is 0 Å². The highest BCUT2D eigenvalue weighted by atomic mass is 32.1. The second kappa shape index (κ2) is 7.38. The third-order valence-corrected chi connectivity index (χ3v) is 4.24. The molecule has 1 heterocycles. The number of amides is 1. The van der Waals surface area contributed by atoms with Crippen LogP contribution in [0.1, 0.15) is 42.7 Å². The normalized spacial score (nSPS) is 10.9. The van der Waals surface area contributed by atoms with Crippen LogP contribution in [0.5, 0.6) is 0 Å². The quantitative estimate of drug-likeness (QED) is 0.842. The maximum absolute atomic E-state index is 11.1. The van der Waals surface area contributed by atoms with Crippen molar-refractivity contribution in [1.29, 1.82) is 0 Å². The van der Waals surface area contributed by atoms with Gasteiger partial charge in [0.05, 0.1) is 5.69 Å². The van der Waals surface area contributed by atoms with Crippen LogP contribution in [0.25, 0.3) is 0 Å². The lowest BCUT2D eigenvalue weighted by molar-refractivity contribution is -0.114. The van der Waals surface area contributed by atoms with Crippen molar-refractivity contribution in [3.05, 3.63) is 51.7 Å². The summed E-state index contributed by atoms with van der Waals surface area (Å²) in [5.74, 6) is 0.539. The average molecular weight is 302 g/mol. The molecule has 0 aliphatic rings. The summed E-state index contributed by atoms with van der Waals surface area (Å²) in [5, 5.41) is 8.28. The molecule has 0 radical (unpaired) electrons. The Labute approximate surface area is 130 Å². The molecule has 0 saturated carbocycles. The monoisotopic (exact) mass is 302 g/mol. The molecule has 2 rings (SSSR count). The lowest BCUT2D eigenvalue weighted by Gasteiger charge is -2.09. The summed E-state index contributed by atoms with van der Waals surface area (Å²) >= 11 is 1.66. The fourth-order valence-corrected chi connectivity index (χ4v) is 2.92. The minimum absolute atomic E-state index is 0.0288. The molecule has 3 nitrogen and oxygen atoms in total. The molecule has 4 heteroatoms. The fraction of sp³-hybridized carbons (Fsp3) is 0.353. The van der Waals surface area contributed by atoms with Crippen LogP contribution in [-0.4, -0.2) is 5.91 Å². The molecule has 0 spiro atoms. The van der Waals surface area contributed by atoms with Crippen LogP contribution < -0.4 is 10.6 Å². The van der Waals surface area contributed by atoms with Gasteiger partial charge in [0.2, 0.25) is 5.91 Å². The van der Waals surface area contributed by atoms with Gasteiger partial charge < -0.3 is 10.6 Å². The highest BCUT2D eigenvalue weighted by molar-refractivity contribution is 7.10. The molecule has 0 bridgehead atoms. The van der Waals surface area contributed by atoms with Gasteiger partial charge in [-0.2, -0.15) is 0 Å². The number of hydrogen-bond donors (Lipinski definition) is 2. The second-order valence-electron chi connectivity index (χ2n) is 5.44. The number of thiophene rings is 1. The van der Waals surface area contributed by atoms with Crippen LogP contribution in [0.2, 0.25) is 0 Å². The van der Waals surface area contributed by atoms with E-state index in [-0.39, 0.29) is 5.91 Å². The van der Waals surface area contributed by atoms with Crippen LogP contribution in [0.4, 0.5) is 5.69 Å². The van der Waals surface area contributed by atoms with Crippen LogP contribution in [0.15, 0.2) is 35.7 Å². The predicted molar refractivity (Wildman–Crippen MR) is 89.7 cm³/mol. The maximum atomic E-state index is 11.1. The molecule has 0 aliphatic carbocycles. The van der Waals surface area contributed by atoms with Crippen molar-refractivity contribution in [2.24, 2.45) is 0 Å². The Morgan fingerprint density at radius 2 is 1.86 bits per heavy atom. The van der Waals surface area contributed by atoms with Crippen LogP contribution in [-0.2, 0) is 17.9 Å². The zero-order valence-electron chi connectivity index (χ0n) is 12.8. The standard InChI is InChI=1S/C17H22N2OS/c1-12(2)15-6-4-14(5-7-15)10-18-11-17-16(8-9-21-17)19-13(3)20/h4-9,12,18H,10-11H2,1-3H3,(H,19,20). The van der Waals surface area contributed by atoms with E-state index in [0.717, 1.165) is 23.7 Å². The highest BCUT2D eigenvalue weighted by Crippen LogP contribution is 2.22. The smallest absolute Gasteiger partial charge is 0.221 e. The van der Waals surface area contributed by atoms with Crippen molar-refractivity contribution < 1.29 is 4.79 Å². The summed E-state index contributed by atoms with van der Waals surface area (Å²) < 4.78 is 0. The SMILES string of the molecule is CC(=O)Nc1ccsc1CNCc1ccc(C(C)C)cc1. The fourth-order valence-electron chi connectivity index (χ4n) is 2.12. The summed E-state index contributed by atoms with van der Waals surface area (Å²) in [6.45, 7) is 7.53. The van der Waals surface area contributed by atoms with Gasteiger partial charge in [-0.05, 0) is 28.5 Å². The number of rotatable bonds is 6. The lowest BCUT2D eigenvalue weighted by Crippen LogP contribution is -2.14. The molecule has 0 unspecified atom stereocenters. The van der Waals surface area contributed by atoms with Gasteiger partial charge in [-0.3, -0.25) is 4.79 Å². The first-order chi connectivity index (χ1) is 10.1. The predicted octanol–water partition coefficient (Wildman–Crippen LogP) is 4.12. The van der Waals surface area contributed by atoms with E-state index < -0.39 is 0 Å². The van der Waals surface area contributed by atoms with Crippen LogP contribution in [0.3, 0.4) is 0 Å². The summed E-state index contributed by atoms with van der Waals surface area (Å²) in [6.07, 6.45) is 0. The number of carbonyl (C=O) groups is 1. The summed E-state index contributed by atoms with van der Waals surface area (Å²) in [4.78, 5) is 12.3. The molecule has 0 aliphatic heterocycles. The van der Waals surface area contributed by atoms with Crippen molar-refractivity contribution in [3.8, 4) is 0 Å². The first-order valence-corrected chi connectivity index (χ1v) is 8.07. The largest absolute Gasteiger partial charge is 0.325 e. The van der Waals surface area contributed by atoms with E-state index >= 15 is 0 Å². The van der Waals surface area contributed by atoms with Gasteiger partial charge in [-0.25, -0.2) is 0 Å². The van der Waals surface area contributed by atoms with Gasteiger partial charge in [-0.1, -0.05) is 38.1 Å². The van der Waals surface area contributed by atoms with Crippen molar-refractivity contribution in [2.45, 2.75) is 39.8 Å². The molecule has 1 aromatic carbocycles. The van der Waals surface area contributed by atoms with Crippen LogP contribution >= 0.6 is 11.3 Å². The molecular formula is C17H22N2OS. The van der Waals surface area contributed by atoms with E-state index in [1.165, 1.54) is 18.1 Å². The van der Waals surface area contributed by atoms with E-state index in [2.05, 4.69) is 48.7 Å². The molecule has 0 atom stereocenters. The van der Waals surface area contributed by atoms with E-state index in [0.29, 0.717) is 5.92 Å². The Morgan fingerprint density at radius 1 is 1.14 bits per heavy atom. The van der Waals surface area contributed by atoms with Crippen molar-refractivity contribution in [3.63, 3.8) is 0 Å². The number of nitrogens with one attached hydrogen (secondary N) is 2. The van der Waals surface area contributed by atoms with Gasteiger partial charge in [0, 0.05) is 24.9 Å². The second-order valence-corrected chi connectivity index (χ2v) is 6.44. The molecule has 2 N–H and O–H groups in total. The Hall–Kier alpha value is -1.65. The van der Waals surface area contributed by atoms with E-state index in [9.17, 15) is 4.79 Å². The Kier molecular flexibility index (Phi) is 5.53. The van der Waals surface area contributed by atoms with Gasteiger partial charge in [-0.15, -0.1) is 11.3 Å². The third-order valence-electron chi connectivity index (χ3n) is 3.32. The number of benzene rings is 1. The molecule has 1 aromatic heterocycles. The third kappa shape index (κ3) is 4.69. The Balaban J connectivity index is 1.87. The van der Waals surface area contributed by atoms with E-state index in [1.54, 1.807) is 11.3 Å².